The molecule has 0 aliphatic rings. The van der Waals surface area contributed by atoms with E-state index in [1.807, 2.05) is 73.1 Å². The Morgan fingerprint density at radius 1 is 0.393 bits per heavy atom. The molecule has 2 nitrogen and oxygen atoms in total. The minimum absolute atomic E-state index is 0.958. The molecule has 4 aromatic rings. The Bertz CT molecular complexity index is 972. The summed E-state index contributed by atoms with van der Waals surface area (Å²) in [4.78, 5) is 8.99. The van der Waals surface area contributed by atoms with Gasteiger partial charge in [0, 0.05) is 12.4 Å². The van der Waals surface area contributed by atoms with Crippen LogP contribution in [-0.2, 0) is 0 Å². The maximum absolute atomic E-state index is 4.50. The van der Waals surface area contributed by atoms with Gasteiger partial charge in [-0.1, -0.05) is 84.9 Å². The van der Waals surface area contributed by atoms with E-state index in [-0.39, 0.29) is 0 Å². The molecule has 0 aliphatic heterocycles. The second-order valence-corrected chi connectivity index (χ2v) is 6.43. The maximum Gasteiger partial charge on any atom is 0.0629 e. The summed E-state index contributed by atoms with van der Waals surface area (Å²) in [5.41, 5.74) is 6.45. The van der Waals surface area contributed by atoms with Crippen LogP contribution in [-0.4, -0.2) is 12.4 Å². The topological polar surface area (TPSA) is 24.7 Å². The Hall–Kier alpha value is -3.78. The molecular weight excluding hydrogens is 340 g/mol. The summed E-state index contributed by atoms with van der Waals surface area (Å²) in [5.74, 6) is 0. The molecule has 0 amide bonds. The van der Waals surface area contributed by atoms with E-state index in [0.29, 0.717) is 0 Å². The summed E-state index contributed by atoms with van der Waals surface area (Å²) in [5, 5.41) is 0. The second kappa shape index (κ2) is 8.74. The van der Waals surface area contributed by atoms with Gasteiger partial charge in [0.15, 0.2) is 0 Å². The summed E-state index contributed by atoms with van der Waals surface area (Å²) >= 11 is 0. The molecule has 4 aromatic carbocycles. The first-order chi connectivity index (χ1) is 13.9. The molecule has 0 atom stereocenters. The molecule has 0 radical (unpaired) electrons. The monoisotopic (exact) mass is 360 g/mol. The highest BCUT2D eigenvalue weighted by Gasteiger charge is 1.98. The fraction of sp³-hybridized carbons (Fsp3) is 0. The summed E-state index contributed by atoms with van der Waals surface area (Å²) in [6, 6.07) is 36.8. The highest BCUT2D eigenvalue weighted by molar-refractivity contribution is 5.84. The van der Waals surface area contributed by atoms with Crippen LogP contribution >= 0.6 is 0 Å². The molecule has 0 spiro atoms. The first-order valence-corrected chi connectivity index (χ1v) is 9.26. The van der Waals surface area contributed by atoms with Crippen molar-refractivity contribution in [3.8, 4) is 11.1 Å². The second-order valence-electron chi connectivity index (χ2n) is 6.43. The van der Waals surface area contributed by atoms with Crippen molar-refractivity contribution >= 4 is 23.8 Å². The molecule has 0 aromatic heterocycles. The Morgan fingerprint density at radius 2 is 0.750 bits per heavy atom. The molecule has 0 fully saturated rings. The summed E-state index contributed by atoms with van der Waals surface area (Å²) < 4.78 is 0. The zero-order chi connectivity index (χ0) is 19.0. The lowest BCUT2D eigenvalue weighted by Gasteiger charge is -2.03. The van der Waals surface area contributed by atoms with Crippen LogP contribution < -0.4 is 0 Å². The van der Waals surface area contributed by atoms with Crippen molar-refractivity contribution in [2.45, 2.75) is 0 Å². The van der Waals surface area contributed by atoms with Crippen LogP contribution in [0.4, 0.5) is 11.4 Å². The first-order valence-electron chi connectivity index (χ1n) is 9.26. The van der Waals surface area contributed by atoms with Crippen molar-refractivity contribution in [2.24, 2.45) is 9.98 Å². The third-order valence-electron chi connectivity index (χ3n) is 4.39. The molecule has 0 saturated heterocycles. The molecule has 0 unspecified atom stereocenters. The van der Waals surface area contributed by atoms with E-state index in [1.165, 1.54) is 11.1 Å². The van der Waals surface area contributed by atoms with Crippen LogP contribution in [0.25, 0.3) is 11.1 Å². The van der Waals surface area contributed by atoms with Crippen molar-refractivity contribution in [1.29, 1.82) is 0 Å². The van der Waals surface area contributed by atoms with E-state index in [4.69, 9.17) is 0 Å². The van der Waals surface area contributed by atoms with Gasteiger partial charge in [0.25, 0.3) is 0 Å². The molecule has 0 saturated carbocycles. The standard InChI is InChI=1S/C26H20N2/c1-3-7-25(8-4-1)27-19-21-11-15-23(16-12-21)24-17-13-22(14-18-24)20-28-26-9-5-2-6-10-26/h1-20H. The Morgan fingerprint density at radius 3 is 1.11 bits per heavy atom. The number of hydrogen-bond acceptors (Lipinski definition) is 2. The lowest BCUT2D eigenvalue weighted by atomic mass is 10.0. The Kier molecular flexibility index (Phi) is 5.50. The molecule has 2 heteroatoms. The van der Waals surface area contributed by atoms with Crippen LogP contribution in [0.3, 0.4) is 0 Å². The largest absolute Gasteiger partial charge is 0.256 e. The van der Waals surface area contributed by atoms with Crippen molar-refractivity contribution in [1.82, 2.24) is 0 Å². The number of hydrogen-bond donors (Lipinski definition) is 0. The summed E-state index contributed by atoms with van der Waals surface area (Å²) in [6.45, 7) is 0. The highest BCUT2D eigenvalue weighted by Crippen LogP contribution is 2.20. The first kappa shape index (κ1) is 17.6. The zero-order valence-electron chi connectivity index (χ0n) is 15.4. The van der Waals surface area contributed by atoms with E-state index in [0.717, 1.165) is 22.5 Å². The zero-order valence-corrected chi connectivity index (χ0v) is 15.4. The van der Waals surface area contributed by atoms with E-state index in [1.54, 1.807) is 0 Å². The number of para-hydroxylation sites is 2. The van der Waals surface area contributed by atoms with E-state index >= 15 is 0 Å². The van der Waals surface area contributed by atoms with E-state index in [2.05, 4.69) is 58.5 Å². The maximum atomic E-state index is 4.50. The summed E-state index contributed by atoms with van der Waals surface area (Å²) in [6.07, 6.45) is 3.78. The van der Waals surface area contributed by atoms with Gasteiger partial charge in [0.05, 0.1) is 11.4 Å². The van der Waals surface area contributed by atoms with Gasteiger partial charge < -0.3 is 0 Å². The van der Waals surface area contributed by atoms with Gasteiger partial charge in [-0.3, -0.25) is 9.98 Å². The van der Waals surface area contributed by atoms with E-state index in [9.17, 15) is 0 Å². The lowest BCUT2D eigenvalue weighted by Crippen LogP contribution is -1.84. The number of rotatable bonds is 5. The van der Waals surface area contributed by atoms with Crippen molar-refractivity contribution < 1.29 is 0 Å². The van der Waals surface area contributed by atoms with Gasteiger partial charge in [0.2, 0.25) is 0 Å². The Labute approximate surface area is 165 Å². The average molecular weight is 360 g/mol. The summed E-state index contributed by atoms with van der Waals surface area (Å²) in [7, 11) is 0. The molecule has 28 heavy (non-hydrogen) atoms. The molecule has 0 N–H and O–H groups in total. The van der Waals surface area contributed by atoms with Crippen LogP contribution in [0.2, 0.25) is 0 Å². The lowest BCUT2D eigenvalue weighted by molar-refractivity contribution is 1.52. The third kappa shape index (κ3) is 4.68. The normalized spacial score (nSPS) is 11.3. The molecule has 4 rings (SSSR count). The third-order valence-corrected chi connectivity index (χ3v) is 4.39. The van der Waals surface area contributed by atoms with Crippen LogP contribution in [0.5, 0.6) is 0 Å². The molecule has 0 heterocycles. The van der Waals surface area contributed by atoms with Gasteiger partial charge in [-0.2, -0.15) is 0 Å². The number of nitrogens with zero attached hydrogens (tertiary/aromatic N) is 2. The van der Waals surface area contributed by atoms with Gasteiger partial charge in [-0.05, 0) is 46.5 Å². The number of benzene rings is 4. The minimum Gasteiger partial charge on any atom is -0.256 e. The average Bonchev–Trinajstić information content (AvgIpc) is 2.78. The predicted octanol–water partition coefficient (Wildman–Crippen LogP) is 6.85. The van der Waals surface area contributed by atoms with Crippen LogP contribution in [0, 0.1) is 0 Å². The van der Waals surface area contributed by atoms with Gasteiger partial charge in [0.1, 0.15) is 0 Å². The highest BCUT2D eigenvalue weighted by atomic mass is 14.7. The molecular formula is C26H20N2. The SMILES string of the molecule is C(=Nc1ccccc1)c1ccc(-c2ccc(C=Nc3ccccc3)cc2)cc1. The van der Waals surface area contributed by atoms with Crippen molar-refractivity contribution in [3.05, 3.63) is 120 Å². The number of aliphatic imine (C=N–C) groups is 2. The molecule has 0 bridgehead atoms. The van der Waals surface area contributed by atoms with Gasteiger partial charge >= 0.3 is 0 Å². The minimum atomic E-state index is 0.958. The molecule has 0 aliphatic carbocycles. The Balaban J connectivity index is 1.44. The van der Waals surface area contributed by atoms with Gasteiger partial charge in [-0.25, -0.2) is 0 Å². The van der Waals surface area contributed by atoms with E-state index < -0.39 is 0 Å². The fourth-order valence-corrected chi connectivity index (χ4v) is 2.85. The van der Waals surface area contributed by atoms with Crippen LogP contribution in [0.1, 0.15) is 11.1 Å². The van der Waals surface area contributed by atoms with Crippen molar-refractivity contribution in [3.63, 3.8) is 0 Å². The predicted molar refractivity (Wildman–Crippen MR) is 119 cm³/mol. The van der Waals surface area contributed by atoms with Crippen LogP contribution in [0.15, 0.2) is 119 Å². The van der Waals surface area contributed by atoms with Crippen molar-refractivity contribution in [2.75, 3.05) is 0 Å². The molecule has 134 valence electrons. The quantitative estimate of drug-likeness (QED) is 0.348. The van der Waals surface area contributed by atoms with Gasteiger partial charge in [-0.15, -0.1) is 0 Å². The fourth-order valence-electron chi connectivity index (χ4n) is 2.85. The smallest absolute Gasteiger partial charge is 0.0629 e.